The van der Waals surface area contributed by atoms with Crippen molar-refractivity contribution in [2.45, 2.75) is 24.5 Å². The molecule has 0 aromatic heterocycles. The van der Waals surface area contributed by atoms with Gasteiger partial charge in [-0.05, 0) is 61.4 Å². The van der Waals surface area contributed by atoms with Gasteiger partial charge in [0.2, 0.25) is 10.0 Å². The Balaban J connectivity index is 1.60. The topological polar surface area (TPSA) is 108 Å². The van der Waals surface area contributed by atoms with E-state index < -0.39 is 28.2 Å². The van der Waals surface area contributed by atoms with Gasteiger partial charge in [-0.3, -0.25) is 0 Å². The fraction of sp³-hybridized carbons (Fsp3) is 0.208. The Kier molecular flexibility index (Phi) is 6.71. The summed E-state index contributed by atoms with van der Waals surface area (Å²) in [6, 6.07) is 17.0. The first-order chi connectivity index (χ1) is 16.3. The summed E-state index contributed by atoms with van der Waals surface area (Å²) in [5, 5.41) is 0. The van der Waals surface area contributed by atoms with Gasteiger partial charge in [0.05, 0.1) is 11.5 Å². The molecule has 2 N–H and O–H groups in total. The van der Waals surface area contributed by atoms with Gasteiger partial charge in [-0.15, -0.1) is 0 Å². The number of sulfonamides is 1. The molecule has 1 heterocycles. The number of amides is 1. The van der Waals surface area contributed by atoms with E-state index in [1.807, 2.05) is 19.1 Å². The number of halogens is 1. The third-order valence-electron chi connectivity index (χ3n) is 5.28. The first-order valence-electron chi connectivity index (χ1n) is 10.6. The summed E-state index contributed by atoms with van der Waals surface area (Å²) in [5.41, 5.74) is 6.55. The maximum atomic E-state index is 14.8. The van der Waals surface area contributed by atoms with E-state index in [1.165, 1.54) is 12.1 Å². The van der Waals surface area contributed by atoms with Crippen LogP contribution >= 0.6 is 0 Å². The predicted octanol–water partition coefficient (Wildman–Crippen LogP) is 4.36. The largest absolute Gasteiger partial charge is 0.494 e. The zero-order valence-electron chi connectivity index (χ0n) is 18.3. The van der Waals surface area contributed by atoms with E-state index in [-0.39, 0.29) is 17.2 Å². The molecule has 0 saturated heterocycles. The number of primary amides is 1. The normalized spacial score (nSPS) is 15.9. The monoisotopic (exact) mass is 486 g/mol. The van der Waals surface area contributed by atoms with Crippen LogP contribution in [0, 0.1) is 5.82 Å². The summed E-state index contributed by atoms with van der Waals surface area (Å²) in [6.07, 6.45) is -1.97. The van der Waals surface area contributed by atoms with Crippen LogP contribution in [-0.4, -0.2) is 32.0 Å². The first kappa shape index (κ1) is 23.5. The van der Waals surface area contributed by atoms with Crippen molar-refractivity contribution in [2.75, 3.05) is 13.2 Å². The molecule has 0 bridgehead atoms. The van der Waals surface area contributed by atoms with Crippen LogP contribution in [0.15, 0.2) is 71.6 Å². The van der Waals surface area contributed by atoms with Crippen molar-refractivity contribution in [1.29, 1.82) is 0 Å². The van der Waals surface area contributed by atoms with E-state index >= 15 is 0 Å². The van der Waals surface area contributed by atoms with Gasteiger partial charge in [-0.2, -0.15) is 4.31 Å². The van der Waals surface area contributed by atoms with Crippen molar-refractivity contribution in [3.8, 4) is 17.2 Å². The zero-order valence-corrected chi connectivity index (χ0v) is 19.1. The van der Waals surface area contributed by atoms with E-state index in [2.05, 4.69) is 0 Å². The molecule has 1 aliphatic rings. The van der Waals surface area contributed by atoms with Crippen LogP contribution in [-0.2, 0) is 21.2 Å². The quantitative estimate of drug-likeness (QED) is 0.532. The fourth-order valence-electron chi connectivity index (χ4n) is 3.74. The van der Waals surface area contributed by atoms with Crippen LogP contribution in [0.4, 0.5) is 9.18 Å². The molecule has 10 heteroatoms. The third-order valence-corrected chi connectivity index (χ3v) is 7.13. The number of ether oxygens (including phenoxy) is 3. The molecule has 178 valence electrons. The Hall–Kier alpha value is -3.63. The van der Waals surface area contributed by atoms with Crippen molar-refractivity contribution in [1.82, 2.24) is 4.31 Å². The molecule has 0 spiro atoms. The molecule has 0 aliphatic carbocycles. The van der Waals surface area contributed by atoms with Gasteiger partial charge in [0.1, 0.15) is 11.5 Å². The van der Waals surface area contributed by atoms with E-state index in [4.69, 9.17) is 19.9 Å². The summed E-state index contributed by atoms with van der Waals surface area (Å²) in [6.45, 7) is 2.41. The number of nitrogens with two attached hydrogens (primary N) is 1. The summed E-state index contributed by atoms with van der Waals surface area (Å²) >= 11 is 0. The van der Waals surface area contributed by atoms with E-state index in [1.54, 1.807) is 36.4 Å². The zero-order chi connectivity index (χ0) is 24.3. The van der Waals surface area contributed by atoms with Crippen molar-refractivity contribution in [3.05, 3.63) is 83.7 Å². The number of carbonyl (C=O) groups excluding carboxylic acids is 1. The summed E-state index contributed by atoms with van der Waals surface area (Å²) in [5.74, 6) is 0.00453. The Labute approximate surface area is 196 Å². The average molecular weight is 487 g/mol. The molecule has 1 unspecified atom stereocenters. The molecule has 1 aliphatic heterocycles. The van der Waals surface area contributed by atoms with Crippen LogP contribution in [0.5, 0.6) is 17.2 Å². The lowest BCUT2D eigenvalue weighted by Crippen LogP contribution is -2.42. The second kappa shape index (κ2) is 9.70. The molecule has 1 amide bonds. The number of hydrogen-bond donors (Lipinski definition) is 1. The Morgan fingerprint density at radius 1 is 1.09 bits per heavy atom. The SMILES string of the molecule is CCOc1ccc(Oc2ccc(S(=O)(=O)N3CCc4ccccc4C3OC(N)=O)cc2F)cc1. The van der Waals surface area contributed by atoms with Crippen LogP contribution in [0.25, 0.3) is 0 Å². The molecular formula is C24H23FN2O6S. The molecule has 0 fully saturated rings. The standard InChI is InChI=1S/C24H23FN2O6S/c1-2-31-17-7-9-18(10-8-17)32-22-12-11-19(15-21(22)25)34(29,30)27-14-13-16-5-3-4-6-20(16)23(27)33-24(26)28/h3-12,15,23H,2,13-14H2,1H3,(H2,26,28). The molecule has 8 nitrogen and oxygen atoms in total. The van der Waals surface area contributed by atoms with Crippen molar-refractivity contribution in [3.63, 3.8) is 0 Å². The van der Waals surface area contributed by atoms with Crippen LogP contribution in [0.2, 0.25) is 0 Å². The highest BCUT2D eigenvalue weighted by atomic mass is 32.2. The van der Waals surface area contributed by atoms with Gasteiger partial charge in [-0.25, -0.2) is 17.6 Å². The lowest BCUT2D eigenvalue weighted by atomic mass is 10.00. The van der Waals surface area contributed by atoms with Crippen molar-refractivity contribution < 1.29 is 31.8 Å². The molecular weight excluding hydrogens is 463 g/mol. The lowest BCUT2D eigenvalue weighted by Gasteiger charge is -2.35. The van der Waals surface area contributed by atoms with Gasteiger partial charge in [0, 0.05) is 12.1 Å². The molecule has 0 radical (unpaired) electrons. The molecule has 1 atom stereocenters. The first-order valence-corrected chi connectivity index (χ1v) is 12.0. The molecule has 0 saturated carbocycles. The second-order valence-corrected chi connectivity index (χ2v) is 9.34. The van der Waals surface area contributed by atoms with Crippen LogP contribution in [0.3, 0.4) is 0 Å². The number of fused-ring (bicyclic) bond motifs is 1. The van der Waals surface area contributed by atoms with E-state index in [0.29, 0.717) is 30.1 Å². The molecule has 3 aromatic carbocycles. The summed E-state index contributed by atoms with van der Waals surface area (Å²) in [4.78, 5) is 11.2. The van der Waals surface area contributed by atoms with Crippen LogP contribution in [0.1, 0.15) is 24.3 Å². The smallest absolute Gasteiger partial charge is 0.406 e. The predicted molar refractivity (Wildman–Crippen MR) is 122 cm³/mol. The minimum atomic E-state index is -4.24. The van der Waals surface area contributed by atoms with Gasteiger partial charge >= 0.3 is 6.09 Å². The molecule has 34 heavy (non-hydrogen) atoms. The summed E-state index contributed by atoms with van der Waals surface area (Å²) < 4.78 is 58.7. The number of nitrogens with zero attached hydrogens (tertiary/aromatic N) is 1. The minimum Gasteiger partial charge on any atom is -0.494 e. The third kappa shape index (κ3) is 4.82. The van der Waals surface area contributed by atoms with Gasteiger partial charge in [0.15, 0.2) is 17.8 Å². The Morgan fingerprint density at radius 2 is 1.79 bits per heavy atom. The number of benzene rings is 3. The lowest BCUT2D eigenvalue weighted by molar-refractivity contribution is 0.0294. The highest BCUT2D eigenvalue weighted by molar-refractivity contribution is 7.89. The minimum absolute atomic E-state index is 0.0311. The van der Waals surface area contributed by atoms with E-state index in [0.717, 1.165) is 15.9 Å². The summed E-state index contributed by atoms with van der Waals surface area (Å²) in [7, 11) is -4.24. The highest BCUT2D eigenvalue weighted by Crippen LogP contribution is 2.36. The van der Waals surface area contributed by atoms with Crippen molar-refractivity contribution >= 4 is 16.1 Å². The maximum absolute atomic E-state index is 14.8. The van der Waals surface area contributed by atoms with Gasteiger partial charge in [-0.1, -0.05) is 24.3 Å². The maximum Gasteiger partial charge on any atom is 0.406 e. The Bertz CT molecular complexity index is 1300. The van der Waals surface area contributed by atoms with E-state index in [9.17, 15) is 17.6 Å². The average Bonchev–Trinajstić information content (AvgIpc) is 2.81. The van der Waals surface area contributed by atoms with Gasteiger partial charge < -0.3 is 19.9 Å². The fourth-order valence-corrected chi connectivity index (χ4v) is 5.25. The second-order valence-electron chi connectivity index (χ2n) is 7.45. The molecule has 4 rings (SSSR count). The Morgan fingerprint density at radius 3 is 2.47 bits per heavy atom. The van der Waals surface area contributed by atoms with Gasteiger partial charge in [0.25, 0.3) is 0 Å². The van der Waals surface area contributed by atoms with Crippen LogP contribution < -0.4 is 15.2 Å². The highest BCUT2D eigenvalue weighted by Gasteiger charge is 2.39. The number of hydrogen-bond acceptors (Lipinski definition) is 6. The molecule has 3 aromatic rings. The number of carbonyl (C=O) groups is 1. The van der Waals surface area contributed by atoms with Crippen molar-refractivity contribution in [2.24, 2.45) is 5.73 Å². The number of rotatable bonds is 7.